The Morgan fingerprint density at radius 2 is 1.72 bits per heavy atom. The first-order chi connectivity index (χ1) is 8.41. The van der Waals surface area contributed by atoms with Crippen LogP contribution < -0.4 is 0 Å². The SMILES string of the molecule is CC(C)c1c[nH]c(=S)n1-c1c(Cl)cc(Cl)cc1Cl. The molecule has 1 aromatic heterocycles. The van der Waals surface area contributed by atoms with Crippen LogP contribution in [0.4, 0.5) is 0 Å². The van der Waals surface area contributed by atoms with Crippen molar-refractivity contribution >= 4 is 47.0 Å². The standard InChI is InChI=1S/C12H11Cl3N2S/c1-6(2)10-5-16-12(18)17(10)11-8(14)3-7(13)4-9(11)15/h3-6H,1-2H3,(H,16,18). The van der Waals surface area contributed by atoms with E-state index in [2.05, 4.69) is 18.8 Å². The lowest BCUT2D eigenvalue weighted by atomic mass is 10.1. The van der Waals surface area contributed by atoms with Gasteiger partial charge in [0.15, 0.2) is 4.77 Å². The Bertz CT molecular complexity index is 620. The maximum Gasteiger partial charge on any atom is 0.182 e. The van der Waals surface area contributed by atoms with E-state index in [9.17, 15) is 0 Å². The van der Waals surface area contributed by atoms with E-state index in [0.29, 0.717) is 31.4 Å². The molecule has 0 spiro atoms. The molecule has 0 amide bonds. The highest BCUT2D eigenvalue weighted by Crippen LogP contribution is 2.34. The fourth-order valence-corrected chi connectivity index (χ4v) is 3.03. The van der Waals surface area contributed by atoms with Crippen LogP contribution in [0.3, 0.4) is 0 Å². The molecule has 1 aromatic carbocycles. The van der Waals surface area contributed by atoms with Crippen molar-refractivity contribution < 1.29 is 0 Å². The molecule has 18 heavy (non-hydrogen) atoms. The van der Waals surface area contributed by atoms with Gasteiger partial charge in [0, 0.05) is 16.9 Å². The van der Waals surface area contributed by atoms with Crippen LogP contribution in [0.15, 0.2) is 18.3 Å². The summed E-state index contributed by atoms with van der Waals surface area (Å²) < 4.78 is 2.41. The summed E-state index contributed by atoms with van der Waals surface area (Å²) in [6.45, 7) is 4.15. The second-order valence-electron chi connectivity index (χ2n) is 4.23. The lowest BCUT2D eigenvalue weighted by Crippen LogP contribution is -2.03. The average Bonchev–Trinajstić information content (AvgIpc) is 2.59. The van der Waals surface area contributed by atoms with E-state index in [1.807, 2.05) is 10.8 Å². The molecule has 2 aromatic rings. The van der Waals surface area contributed by atoms with Crippen molar-refractivity contribution in [3.05, 3.63) is 43.9 Å². The molecule has 2 rings (SSSR count). The minimum Gasteiger partial charge on any atom is -0.337 e. The number of aromatic nitrogens is 2. The Kier molecular flexibility index (Phi) is 4.07. The molecular formula is C12H11Cl3N2S. The zero-order valence-corrected chi connectivity index (χ0v) is 12.9. The van der Waals surface area contributed by atoms with Crippen molar-refractivity contribution in [2.45, 2.75) is 19.8 Å². The Morgan fingerprint density at radius 1 is 1.17 bits per heavy atom. The predicted octanol–water partition coefficient (Wildman–Crippen LogP) is 5.62. The summed E-state index contributed by atoms with van der Waals surface area (Å²) >= 11 is 23.6. The maximum atomic E-state index is 6.22. The summed E-state index contributed by atoms with van der Waals surface area (Å²) in [5.74, 6) is 0.292. The van der Waals surface area contributed by atoms with E-state index in [0.717, 1.165) is 5.69 Å². The monoisotopic (exact) mass is 320 g/mol. The second kappa shape index (κ2) is 5.25. The van der Waals surface area contributed by atoms with Gasteiger partial charge < -0.3 is 4.98 Å². The van der Waals surface area contributed by atoms with Gasteiger partial charge in [-0.05, 0) is 30.3 Å². The lowest BCUT2D eigenvalue weighted by Gasteiger charge is -2.14. The molecule has 96 valence electrons. The fourth-order valence-electron chi connectivity index (χ4n) is 1.79. The molecule has 0 bridgehead atoms. The highest BCUT2D eigenvalue weighted by Gasteiger charge is 2.16. The van der Waals surface area contributed by atoms with E-state index in [-0.39, 0.29) is 0 Å². The number of rotatable bonds is 2. The summed E-state index contributed by atoms with van der Waals surface area (Å²) in [5.41, 5.74) is 1.68. The van der Waals surface area contributed by atoms with Crippen LogP contribution in [0.1, 0.15) is 25.5 Å². The molecule has 0 aliphatic heterocycles. The van der Waals surface area contributed by atoms with Crippen LogP contribution in [-0.4, -0.2) is 9.55 Å². The average molecular weight is 322 g/mol. The molecular weight excluding hydrogens is 311 g/mol. The Labute approximate surface area is 125 Å². The van der Waals surface area contributed by atoms with Crippen molar-refractivity contribution in [1.82, 2.24) is 9.55 Å². The number of benzene rings is 1. The number of nitrogens with zero attached hydrogens (tertiary/aromatic N) is 1. The fraction of sp³-hybridized carbons (Fsp3) is 0.250. The van der Waals surface area contributed by atoms with Gasteiger partial charge in [0.1, 0.15) is 0 Å². The zero-order chi connectivity index (χ0) is 13.4. The van der Waals surface area contributed by atoms with Crippen LogP contribution in [0.2, 0.25) is 15.1 Å². The largest absolute Gasteiger partial charge is 0.337 e. The number of H-pyrrole nitrogens is 1. The second-order valence-corrected chi connectivity index (χ2v) is 5.86. The number of hydrogen-bond donors (Lipinski definition) is 1. The van der Waals surface area contributed by atoms with Gasteiger partial charge in [-0.1, -0.05) is 48.7 Å². The zero-order valence-electron chi connectivity index (χ0n) is 9.80. The predicted molar refractivity (Wildman–Crippen MR) is 80.1 cm³/mol. The molecule has 1 heterocycles. The number of imidazole rings is 1. The third kappa shape index (κ3) is 2.45. The van der Waals surface area contributed by atoms with Gasteiger partial charge in [0.05, 0.1) is 15.7 Å². The number of aromatic amines is 1. The third-order valence-electron chi connectivity index (χ3n) is 2.60. The first-order valence-corrected chi connectivity index (χ1v) is 6.91. The van der Waals surface area contributed by atoms with E-state index in [1.165, 1.54) is 0 Å². The Hall–Kier alpha value is -0.480. The van der Waals surface area contributed by atoms with Crippen LogP contribution in [0, 0.1) is 4.77 Å². The van der Waals surface area contributed by atoms with Crippen LogP contribution in [0.5, 0.6) is 0 Å². The molecule has 0 saturated heterocycles. The minimum absolute atomic E-state index is 0.292. The topological polar surface area (TPSA) is 20.7 Å². The minimum atomic E-state index is 0.292. The Morgan fingerprint density at radius 3 is 2.22 bits per heavy atom. The molecule has 0 aliphatic rings. The van der Waals surface area contributed by atoms with Crippen molar-refractivity contribution in [2.24, 2.45) is 0 Å². The highest BCUT2D eigenvalue weighted by atomic mass is 35.5. The van der Waals surface area contributed by atoms with E-state index in [4.69, 9.17) is 47.0 Å². The van der Waals surface area contributed by atoms with Crippen LogP contribution in [-0.2, 0) is 0 Å². The normalized spacial score (nSPS) is 11.2. The Balaban J connectivity index is 2.77. The first-order valence-electron chi connectivity index (χ1n) is 5.37. The van der Waals surface area contributed by atoms with Crippen LogP contribution >= 0.6 is 47.0 Å². The molecule has 0 fully saturated rings. The van der Waals surface area contributed by atoms with Crippen molar-refractivity contribution in [3.8, 4) is 5.69 Å². The van der Waals surface area contributed by atoms with Crippen LogP contribution in [0.25, 0.3) is 5.69 Å². The summed E-state index contributed by atoms with van der Waals surface area (Å²) in [6, 6.07) is 3.31. The third-order valence-corrected chi connectivity index (χ3v) is 3.70. The molecule has 6 heteroatoms. The van der Waals surface area contributed by atoms with Crippen molar-refractivity contribution in [1.29, 1.82) is 0 Å². The smallest absolute Gasteiger partial charge is 0.182 e. The summed E-state index contributed by atoms with van der Waals surface area (Å²) in [6.07, 6.45) is 1.87. The maximum absolute atomic E-state index is 6.22. The van der Waals surface area contributed by atoms with Gasteiger partial charge >= 0.3 is 0 Å². The first kappa shape index (κ1) is 13.9. The van der Waals surface area contributed by atoms with E-state index < -0.39 is 0 Å². The molecule has 0 atom stereocenters. The van der Waals surface area contributed by atoms with E-state index >= 15 is 0 Å². The molecule has 0 unspecified atom stereocenters. The van der Waals surface area contributed by atoms with Crippen molar-refractivity contribution in [3.63, 3.8) is 0 Å². The highest BCUT2D eigenvalue weighted by molar-refractivity contribution is 7.71. The van der Waals surface area contributed by atoms with E-state index in [1.54, 1.807) is 12.1 Å². The molecule has 0 aliphatic carbocycles. The number of hydrogen-bond acceptors (Lipinski definition) is 1. The molecule has 2 nitrogen and oxygen atoms in total. The van der Waals surface area contributed by atoms with Gasteiger partial charge in [-0.2, -0.15) is 0 Å². The summed E-state index contributed by atoms with van der Waals surface area (Å²) in [5, 5.41) is 1.46. The van der Waals surface area contributed by atoms with Gasteiger partial charge in [-0.25, -0.2) is 0 Å². The van der Waals surface area contributed by atoms with Gasteiger partial charge in [0.25, 0.3) is 0 Å². The van der Waals surface area contributed by atoms with Gasteiger partial charge in [-0.3, -0.25) is 4.57 Å². The lowest BCUT2D eigenvalue weighted by molar-refractivity contribution is 0.784. The number of nitrogens with one attached hydrogen (secondary N) is 1. The number of halogens is 3. The molecule has 0 saturated carbocycles. The van der Waals surface area contributed by atoms with Gasteiger partial charge in [0.2, 0.25) is 0 Å². The molecule has 0 radical (unpaired) electrons. The molecule has 1 N–H and O–H groups in total. The summed E-state index contributed by atoms with van der Waals surface area (Å²) in [4.78, 5) is 3.01. The summed E-state index contributed by atoms with van der Waals surface area (Å²) in [7, 11) is 0. The van der Waals surface area contributed by atoms with Gasteiger partial charge in [-0.15, -0.1) is 0 Å². The van der Waals surface area contributed by atoms with Crippen molar-refractivity contribution in [2.75, 3.05) is 0 Å². The quantitative estimate of drug-likeness (QED) is 0.712.